The maximum absolute atomic E-state index is 13.4. The van der Waals surface area contributed by atoms with Crippen molar-refractivity contribution in [2.24, 2.45) is 5.73 Å². The molecule has 0 saturated carbocycles. The largest absolute Gasteiger partial charge is 0.505 e. The Hall–Kier alpha value is -0.650. The van der Waals surface area contributed by atoms with Crippen LogP contribution in [0.15, 0.2) is 16.6 Å². The van der Waals surface area contributed by atoms with E-state index < -0.39 is 23.7 Å². The van der Waals surface area contributed by atoms with Crippen LogP contribution in [0.1, 0.15) is 18.6 Å². The Morgan fingerprint density at radius 3 is 2.57 bits per heavy atom. The summed E-state index contributed by atoms with van der Waals surface area (Å²) in [7, 11) is 0. The molecule has 1 rings (SSSR count). The third-order valence-electron chi connectivity index (χ3n) is 1.90. The van der Waals surface area contributed by atoms with Crippen LogP contribution in [0.25, 0.3) is 0 Å². The molecule has 0 fully saturated rings. The number of benzene rings is 1. The topological polar surface area (TPSA) is 66.5 Å². The summed E-state index contributed by atoms with van der Waals surface area (Å²) in [6.45, 7) is 1.56. The van der Waals surface area contributed by atoms with Gasteiger partial charge in [0.05, 0.1) is 6.10 Å². The van der Waals surface area contributed by atoms with Crippen LogP contribution in [-0.2, 0) is 0 Å². The fraction of sp³-hybridized carbons (Fsp3) is 0.333. The summed E-state index contributed by atoms with van der Waals surface area (Å²) in [4.78, 5) is 0. The van der Waals surface area contributed by atoms with E-state index in [-0.39, 0.29) is 5.56 Å². The monoisotopic (exact) mass is 263 g/mol. The molecule has 2 unspecified atom stereocenters. The van der Waals surface area contributed by atoms with Gasteiger partial charge in [0, 0.05) is 16.1 Å². The van der Waals surface area contributed by atoms with Crippen LogP contribution in [0.5, 0.6) is 5.75 Å². The number of phenols is 1. The number of rotatable bonds is 2. The zero-order chi connectivity index (χ0) is 10.9. The average Bonchev–Trinajstić information content (AvgIpc) is 2.12. The van der Waals surface area contributed by atoms with Crippen molar-refractivity contribution in [1.29, 1.82) is 0 Å². The van der Waals surface area contributed by atoms with E-state index in [1.807, 2.05) is 0 Å². The highest BCUT2D eigenvalue weighted by Gasteiger charge is 2.21. The van der Waals surface area contributed by atoms with Crippen molar-refractivity contribution in [1.82, 2.24) is 0 Å². The zero-order valence-corrected chi connectivity index (χ0v) is 9.12. The van der Waals surface area contributed by atoms with Crippen LogP contribution in [0.2, 0.25) is 0 Å². The molecule has 0 bridgehead atoms. The molecule has 0 aliphatic heterocycles. The molecule has 78 valence electrons. The molecule has 0 radical (unpaired) electrons. The molecule has 4 N–H and O–H groups in total. The summed E-state index contributed by atoms with van der Waals surface area (Å²) in [5.74, 6) is -1.34. The van der Waals surface area contributed by atoms with Gasteiger partial charge in [0.2, 0.25) is 0 Å². The first-order chi connectivity index (χ1) is 6.45. The third kappa shape index (κ3) is 2.05. The van der Waals surface area contributed by atoms with Crippen molar-refractivity contribution in [2.75, 3.05) is 0 Å². The number of aromatic hydroxyl groups is 1. The molecule has 1 aromatic carbocycles. The minimum atomic E-state index is -1.14. The highest BCUT2D eigenvalue weighted by molar-refractivity contribution is 9.10. The van der Waals surface area contributed by atoms with E-state index in [1.54, 1.807) is 6.92 Å². The van der Waals surface area contributed by atoms with Gasteiger partial charge in [-0.3, -0.25) is 0 Å². The van der Waals surface area contributed by atoms with Gasteiger partial charge >= 0.3 is 0 Å². The van der Waals surface area contributed by atoms with Crippen molar-refractivity contribution in [2.45, 2.75) is 19.1 Å². The summed E-state index contributed by atoms with van der Waals surface area (Å²) < 4.78 is 13.8. The smallest absolute Gasteiger partial charge is 0.171 e. The normalized spacial score (nSPS) is 15.2. The fourth-order valence-corrected chi connectivity index (χ4v) is 1.63. The third-order valence-corrected chi connectivity index (χ3v) is 2.59. The van der Waals surface area contributed by atoms with Crippen LogP contribution in [-0.4, -0.2) is 16.3 Å². The van der Waals surface area contributed by atoms with Crippen molar-refractivity contribution < 1.29 is 14.6 Å². The van der Waals surface area contributed by atoms with Gasteiger partial charge in [-0.05, 0) is 19.1 Å². The zero-order valence-electron chi connectivity index (χ0n) is 7.54. The first-order valence-electron chi connectivity index (χ1n) is 4.05. The number of nitrogens with two attached hydrogens (primary N) is 1. The van der Waals surface area contributed by atoms with Gasteiger partial charge in [-0.15, -0.1) is 0 Å². The Morgan fingerprint density at radius 2 is 2.07 bits per heavy atom. The predicted molar refractivity (Wildman–Crippen MR) is 54.4 cm³/mol. The van der Waals surface area contributed by atoms with Crippen LogP contribution >= 0.6 is 15.9 Å². The summed E-state index contributed by atoms with van der Waals surface area (Å²) in [5.41, 5.74) is 5.42. The predicted octanol–water partition coefficient (Wildman–Crippen LogP) is 1.67. The van der Waals surface area contributed by atoms with E-state index in [0.29, 0.717) is 4.47 Å². The molecule has 0 spiro atoms. The van der Waals surface area contributed by atoms with Crippen molar-refractivity contribution in [3.05, 3.63) is 28.0 Å². The fourth-order valence-electron chi connectivity index (χ4n) is 1.09. The lowest BCUT2D eigenvalue weighted by atomic mass is 10.0. The minimum Gasteiger partial charge on any atom is -0.505 e. The lowest BCUT2D eigenvalue weighted by Crippen LogP contribution is -2.25. The highest BCUT2D eigenvalue weighted by Crippen LogP contribution is 2.32. The number of hydrogen-bond acceptors (Lipinski definition) is 3. The summed E-state index contributed by atoms with van der Waals surface area (Å²) >= 11 is 3.08. The summed E-state index contributed by atoms with van der Waals surface area (Å²) in [6.07, 6.45) is -1.14. The van der Waals surface area contributed by atoms with Gasteiger partial charge in [0.25, 0.3) is 0 Å². The number of halogens is 2. The van der Waals surface area contributed by atoms with E-state index in [1.165, 1.54) is 12.1 Å². The van der Waals surface area contributed by atoms with Crippen molar-refractivity contribution in [3.63, 3.8) is 0 Å². The number of phenolic OH excluding ortho intramolecular Hbond substituents is 1. The molecule has 0 aliphatic carbocycles. The van der Waals surface area contributed by atoms with Crippen LogP contribution in [0, 0.1) is 5.82 Å². The molecule has 0 aliphatic rings. The quantitative estimate of drug-likeness (QED) is 0.761. The van der Waals surface area contributed by atoms with E-state index in [4.69, 9.17) is 10.8 Å². The molecule has 0 aromatic heterocycles. The first-order valence-corrected chi connectivity index (χ1v) is 4.85. The average molecular weight is 264 g/mol. The number of aliphatic hydroxyl groups excluding tert-OH is 1. The Labute approximate surface area is 89.5 Å². The lowest BCUT2D eigenvalue weighted by Gasteiger charge is -2.17. The molecule has 0 heterocycles. The van der Waals surface area contributed by atoms with E-state index in [9.17, 15) is 9.50 Å². The van der Waals surface area contributed by atoms with E-state index in [0.717, 1.165) is 0 Å². The van der Waals surface area contributed by atoms with E-state index in [2.05, 4.69) is 15.9 Å². The maximum atomic E-state index is 13.4. The molecular formula is C9H11BrFNO2. The van der Waals surface area contributed by atoms with Crippen molar-refractivity contribution >= 4 is 15.9 Å². The molecule has 1 aromatic rings. The Balaban J connectivity index is 3.25. The van der Waals surface area contributed by atoms with Crippen LogP contribution in [0.4, 0.5) is 4.39 Å². The molecule has 0 saturated heterocycles. The van der Waals surface area contributed by atoms with Gasteiger partial charge in [0.1, 0.15) is 0 Å². The van der Waals surface area contributed by atoms with Gasteiger partial charge in [-0.1, -0.05) is 15.9 Å². The lowest BCUT2D eigenvalue weighted by molar-refractivity contribution is 0.147. The Kier molecular flexibility index (Phi) is 3.47. The Bertz CT molecular complexity index is 344. The first kappa shape index (κ1) is 11.4. The highest BCUT2D eigenvalue weighted by atomic mass is 79.9. The number of aliphatic hydroxyl groups is 1. The Morgan fingerprint density at radius 1 is 1.50 bits per heavy atom. The van der Waals surface area contributed by atoms with E-state index >= 15 is 0 Å². The molecule has 3 nitrogen and oxygen atoms in total. The standard InChI is InChI=1S/C9H11BrFNO2/c1-4(12)9(14)7-5(10)2-3-6(13)8(7)11/h2-4,9,13-14H,12H2,1H3. The van der Waals surface area contributed by atoms with Gasteiger partial charge in [-0.25, -0.2) is 4.39 Å². The number of hydrogen-bond donors (Lipinski definition) is 3. The second-order valence-electron chi connectivity index (χ2n) is 3.10. The maximum Gasteiger partial charge on any atom is 0.171 e. The molecule has 2 atom stereocenters. The molecule has 5 heteroatoms. The van der Waals surface area contributed by atoms with Crippen LogP contribution in [0.3, 0.4) is 0 Å². The SMILES string of the molecule is CC(N)C(O)c1c(Br)ccc(O)c1F. The van der Waals surface area contributed by atoms with Gasteiger partial charge in [0.15, 0.2) is 11.6 Å². The van der Waals surface area contributed by atoms with Gasteiger partial charge < -0.3 is 15.9 Å². The van der Waals surface area contributed by atoms with Gasteiger partial charge in [-0.2, -0.15) is 0 Å². The second kappa shape index (κ2) is 4.25. The summed E-state index contributed by atoms with van der Waals surface area (Å²) in [5, 5.41) is 18.7. The minimum absolute atomic E-state index is 0.0139. The molecule has 0 amide bonds. The molecular weight excluding hydrogens is 253 g/mol. The second-order valence-corrected chi connectivity index (χ2v) is 3.95. The summed E-state index contributed by atoms with van der Waals surface area (Å²) in [6, 6.07) is 2.05. The van der Waals surface area contributed by atoms with Crippen molar-refractivity contribution in [3.8, 4) is 5.75 Å². The molecule has 14 heavy (non-hydrogen) atoms. The van der Waals surface area contributed by atoms with Crippen LogP contribution < -0.4 is 5.73 Å².